The molecule has 4 nitrogen and oxygen atoms in total. The monoisotopic (exact) mass is 270 g/mol. The van der Waals surface area contributed by atoms with E-state index in [-0.39, 0.29) is 11.9 Å². The molecular formula is C15H26O4. The summed E-state index contributed by atoms with van der Waals surface area (Å²) in [6.07, 6.45) is 8.49. The van der Waals surface area contributed by atoms with Gasteiger partial charge in [0.15, 0.2) is 0 Å². The maximum absolute atomic E-state index is 11.2. The molecule has 110 valence electrons. The first-order valence-electron chi connectivity index (χ1n) is 7.53. The van der Waals surface area contributed by atoms with Gasteiger partial charge in [0.1, 0.15) is 0 Å². The second kappa shape index (κ2) is 8.94. The lowest BCUT2D eigenvalue weighted by Crippen LogP contribution is -2.26. The van der Waals surface area contributed by atoms with E-state index in [2.05, 4.69) is 0 Å². The summed E-state index contributed by atoms with van der Waals surface area (Å²) in [6.45, 7) is 2.29. The van der Waals surface area contributed by atoms with Crippen LogP contribution in [0.25, 0.3) is 0 Å². The molecule has 0 heterocycles. The molecule has 1 aliphatic rings. The molecule has 0 unspecified atom stereocenters. The smallest absolute Gasteiger partial charge is 0.306 e. The number of unbranched alkanes of at least 4 members (excludes halogenated alkanes) is 2. The summed E-state index contributed by atoms with van der Waals surface area (Å²) in [6, 6.07) is 0. The van der Waals surface area contributed by atoms with Gasteiger partial charge in [0.05, 0.1) is 12.5 Å². The predicted molar refractivity (Wildman–Crippen MR) is 72.8 cm³/mol. The summed E-state index contributed by atoms with van der Waals surface area (Å²) in [5.41, 5.74) is 0. The predicted octanol–water partition coefficient (Wildman–Crippen LogP) is 3.39. The first-order chi connectivity index (χ1) is 9.15. The van der Waals surface area contributed by atoms with Crippen LogP contribution in [0.1, 0.15) is 64.7 Å². The average Bonchev–Trinajstić information content (AvgIpc) is 2.42. The van der Waals surface area contributed by atoms with Gasteiger partial charge in [-0.15, -0.1) is 0 Å². The van der Waals surface area contributed by atoms with Crippen LogP contribution in [0, 0.1) is 11.8 Å². The number of hydrogen-bond acceptors (Lipinski definition) is 3. The van der Waals surface area contributed by atoms with Gasteiger partial charge in [-0.05, 0) is 31.6 Å². The van der Waals surface area contributed by atoms with E-state index in [9.17, 15) is 14.7 Å². The molecule has 1 fully saturated rings. The van der Waals surface area contributed by atoms with Crippen molar-refractivity contribution in [3.8, 4) is 0 Å². The molecule has 1 rings (SSSR count). The number of aliphatic carboxylic acids is 1. The van der Waals surface area contributed by atoms with Crippen molar-refractivity contribution in [2.45, 2.75) is 64.7 Å². The molecule has 0 radical (unpaired) electrons. The lowest BCUT2D eigenvalue weighted by molar-refractivity contribution is -0.145. The van der Waals surface area contributed by atoms with Crippen molar-refractivity contribution in [3.05, 3.63) is 0 Å². The Kier molecular flexibility index (Phi) is 7.53. The zero-order valence-electron chi connectivity index (χ0n) is 11.9. The molecule has 1 saturated carbocycles. The number of carbonyl (C=O) groups excluding carboxylic acids is 1. The van der Waals surface area contributed by atoms with Crippen molar-refractivity contribution < 1.29 is 19.4 Å². The van der Waals surface area contributed by atoms with Gasteiger partial charge in [0, 0.05) is 6.42 Å². The molecule has 4 heteroatoms. The van der Waals surface area contributed by atoms with E-state index in [1.807, 2.05) is 0 Å². The second-order valence-corrected chi connectivity index (χ2v) is 5.41. The van der Waals surface area contributed by atoms with E-state index in [1.54, 1.807) is 6.92 Å². The highest BCUT2D eigenvalue weighted by Gasteiger charge is 2.29. The molecule has 1 aliphatic carbocycles. The Morgan fingerprint density at radius 1 is 1.16 bits per heavy atom. The highest BCUT2D eigenvalue weighted by Crippen LogP contribution is 2.33. The first-order valence-corrected chi connectivity index (χ1v) is 7.53. The molecule has 0 bridgehead atoms. The van der Waals surface area contributed by atoms with Gasteiger partial charge in [0.25, 0.3) is 0 Å². The number of carboxylic acids is 1. The van der Waals surface area contributed by atoms with Gasteiger partial charge in [-0.2, -0.15) is 0 Å². The van der Waals surface area contributed by atoms with Crippen LogP contribution < -0.4 is 0 Å². The molecule has 0 amide bonds. The molecule has 2 atom stereocenters. The lowest BCUT2D eigenvalue weighted by Gasteiger charge is -2.28. The Morgan fingerprint density at radius 3 is 2.58 bits per heavy atom. The van der Waals surface area contributed by atoms with E-state index in [0.29, 0.717) is 18.9 Å². The minimum Gasteiger partial charge on any atom is -0.481 e. The van der Waals surface area contributed by atoms with E-state index in [1.165, 1.54) is 6.42 Å². The van der Waals surface area contributed by atoms with Crippen molar-refractivity contribution in [3.63, 3.8) is 0 Å². The molecule has 0 spiro atoms. The highest BCUT2D eigenvalue weighted by molar-refractivity contribution is 5.70. The number of carboxylic acid groups (broad SMARTS) is 1. The van der Waals surface area contributed by atoms with E-state index < -0.39 is 5.97 Å². The minimum atomic E-state index is -0.624. The van der Waals surface area contributed by atoms with Crippen molar-refractivity contribution in [2.24, 2.45) is 11.8 Å². The number of hydrogen-bond donors (Lipinski definition) is 1. The minimum absolute atomic E-state index is 0.133. The second-order valence-electron chi connectivity index (χ2n) is 5.41. The van der Waals surface area contributed by atoms with Crippen LogP contribution in [0.15, 0.2) is 0 Å². The van der Waals surface area contributed by atoms with Gasteiger partial charge >= 0.3 is 11.9 Å². The van der Waals surface area contributed by atoms with Gasteiger partial charge in [-0.25, -0.2) is 0 Å². The molecule has 0 aromatic heterocycles. The molecule has 0 aromatic rings. The molecular weight excluding hydrogens is 244 g/mol. The van der Waals surface area contributed by atoms with Crippen molar-refractivity contribution >= 4 is 11.9 Å². The van der Waals surface area contributed by atoms with Crippen molar-refractivity contribution in [1.82, 2.24) is 0 Å². The summed E-state index contributed by atoms with van der Waals surface area (Å²) in [7, 11) is 0. The van der Waals surface area contributed by atoms with E-state index in [4.69, 9.17) is 4.74 Å². The number of ether oxygens (including phenoxy) is 1. The maximum atomic E-state index is 11.2. The highest BCUT2D eigenvalue weighted by atomic mass is 16.5. The van der Waals surface area contributed by atoms with Crippen LogP contribution in [-0.4, -0.2) is 23.7 Å². The third-order valence-corrected chi connectivity index (χ3v) is 4.00. The quantitative estimate of drug-likeness (QED) is 0.542. The van der Waals surface area contributed by atoms with Gasteiger partial charge < -0.3 is 9.84 Å². The number of esters is 1. The van der Waals surface area contributed by atoms with Crippen LogP contribution >= 0.6 is 0 Å². The Bertz CT molecular complexity index is 288. The van der Waals surface area contributed by atoms with Crippen LogP contribution in [0.2, 0.25) is 0 Å². The molecule has 1 N–H and O–H groups in total. The van der Waals surface area contributed by atoms with Gasteiger partial charge in [-0.3, -0.25) is 9.59 Å². The zero-order valence-corrected chi connectivity index (χ0v) is 11.9. The summed E-state index contributed by atoms with van der Waals surface area (Å²) < 4.78 is 5.01. The van der Waals surface area contributed by atoms with Gasteiger partial charge in [-0.1, -0.05) is 32.6 Å². The molecule has 0 aromatic carbocycles. The fourth-order valence-corrected chi connectivity index (χ4v) is 2.85. The summed E-state index contributed by atoms with van der Waals surface area (Å²) >= 11 is 0. The Labute approximate surface area is 115 Å². The Hall–Kier alpha value is -1.06. The fraction of sp³-hybridized carbons (Fsp3) is 0.867. The number of rotatable bonds is 8. The normalized spacial score (nSPS) is 23.0. The lowest BCUT2D eigenvalue weighted by atomic mass is 9.77. The van der Waals surface area contributed by atoms with Crippen LogP contribution in [0.5, 0.6) is 0 Å². The third-order valence-electron chi connectivity index (χ3n) is 4.00. The van der Waals surface area contributed by atoms with Crippen molar-refractivity contribution in [1.29, 1.82) is 0 Å². The molecule has 19 heavy (non-hydrogen) atoms. The summed E-state index contributed by atoms with van der Waals surface area (Å²) in [4.78, 5) is 22.1. The molecule has 0 aliphatic heterocycles. The SMILES string of the molecule is CCC(=O)OCCCCC[C@H]1CCCC[C@H]1C(=O)O. The topological polar surface area (TPSA) is 63.6 Å². The van der Waals surface area contributed by atoms with E-state index in [0.717, 1.165) is 44.9 Å². The van der Waals surface area contributed by atoms with Gasteiger partial charge in [0.2, 0.25) is 0 Å². The van der Waals surface area contributed by atoms with Crippen LogP contribution in [0.3, 0.4) is 0 Å². The van der Waals surface area contributed by atoms with Crippen LogP contribution in [-0.2, 0) is 14.3 Å². The largest absolute Gasteiger partial charge is 0.481 e. The summed E-state index contributed by atoms with van der Waals surface area (Å²) in [5.74, 6) is -0.545. The molecule has 0 saturated heterocycles. The zero-order chi connectivity index (χ0) is 14.1. The average molecular weight is 270 g/mol. The number of carbonyl (C=O) groups is 2. The fourth-order valence-electron chi connectivity index (χ4n) is 2.85. The Balaban J connectivity index is 2.10. The Morgan fingerprint density at radius 2 is 1.89 bits per heavy atom. The maximum Gasteiger partial charge on any atom is 0.306 e. The van der Waals surface area contributed by atoms with Crippen LogP contribution in [0.4, 0.5) is 0 Å². The standard InChI is InChI=1S/C15H26O4/c1-2-14(16)19-11-7-3-4-8-12-9-5-6-10-13(12)15(17)18/h12-13H,2-11H2,1H3,(H,17,18)/t12-,13+/m0/s1. The van der Waals surface area contributed by atoms with Crippen molar-refractivity contribution in [2.75, 3.05) is 6.61 Å². The summed E-state index contributed by atoms with van der Waals surface area (Å²) in [5, 5.41) is 9.18. The first kappa shape index (κ1) is 16.0. The van der Waals surface area contributed by atoms with E-state index >= 15 is 0 Å². The third kappa shape index (κ3) is 6.08.